The van der Waals surface area contributed by atoms with E-state index in [0.717, 1.165) is 48.3 Å². The Kier molecular flexibility index (Phi) is 7.49. The fourth-order valence-electron chi connectivity index (χ4n) is 9.32. The summed E-state index contributed by atoms with van der Waals surface area (Å²) in [7, 11) is -3.85. The molecule has 0 saturated heterocycles. The Hall–Kier alpha value is -0.350. The Bertz CT molecular complexity index is 830. The van der Waals surface area contributed by atoms with Crippen LogP contribution in [0.2, 0.25) is 0 Å². The third-order valence-electron chi connectivity index (χ3n) is 11.2. The van der Waals surface area contributed by atoms with Crippen LogP contribution in [0.1, 0.15) is 112 Å². The molecule has 0 aromatic heterocycles. The largest absolute Gasteiger partial charge is 0.286 e. The molecule has 0 amide bonds. The fraction of sp³-hybridized carbons (Fsp3) is 0.931. The molecule has 0 radical (unpaired) electrons. The molecule has 0 unspecified atom stereocenters. The van der Waals surface area contributed by atoms with E-state index in [1.807, 2.05) is 0 Å². The molecule has 4 aliphatic carbocycles. The molecule has 190 valence electrons. The molecule has 3 fully saturated rings. The Morgan fingerprint density at radius 2 is 1.79 bits per heavy atom. The maximum absolute atomic E-state index is 11.2. The predicted octanol–water partition coefficient (Wildman–Crippen LogP) is 7.92. The van der Waals surface area contributed by atoms with E-state index in [2.05, 4.69) is 40.7 Å². The maximum Gasteiger partial charge on any atom is 0.264 e. The number of hydrogen-bond acceptors (Lipinski definition) is 2. The third kappa shape index (κ3) is 5.13. The minimum Gasteiger partial charge on any atom is -0.286 e. The van der Waals surface area contributed by atoms with Crippen molar-refractivity contribution >= 4 is 10.1 Å². The van der Waals surface area contributed by atoms with Crippen LogP contribution in [0.5, 0.6) is 0 Å². The van der Waals surface area contributed by atoms with Gasteiger partial charge >= 0.3 is 0 Å². The van der Waals surface area contributed by atoms with E-state index in [9.17, 15) is 13.0 Å². The van der Waals surface area contributed by atoms with Gasteiger partial charge in [0.2, 0.25) is 0 Å². The second-order valence-corrected chi connectivity index (χ2v) is 15.0. The van der Waals surface area contributed by atoms with Crippen LogP contribution < -0.4 is 0 Å². The highest BCUT2D eigenvalue weighted by atomic mass is 32.2. The highest BCUT2D eigenvalue weighted by Crippen LogP contribution is 2.67. The third-order valence-corrected chi connectivity index (χ3v) is 11.9. The molecule has 8 atom stereocenters. The van der Waals surface area contributed by atoms with Gasteiger partial charge in [0.05, 0.1) is 5.75 Å². The summed E-state index contributed by atoms with van der Waals surface area (Å²) in [5, 5.41) is 0. The van der Waals surface area contributed by atoms with E-state index in [4.69, 9.17) is 0 Å². The summed E-state index contributed by atoms with van der Waals surface area (Å²) in [5.41, 5.74) is 2.47. The van der Waals surface area contributed by atoms with Gasteiger partial charge in [0, 0.05) is 0 Å². The van der Waals surface area contributed by atoms with Crippen LogP contribution in [-0.2, 0) is 10.1 Å². The van der Waals surface area contributed by atoms with Crippen molar-refractivity contribution in [3.8, 4) is 0 Å². The van der Waals surface area contributed by atoms with Gasteiger partial charge in [-0.25, -0.2) is 0 Å². The van der Waals surface area contributed by atoms with Gasteiger partial charge in [0.1, 0.15) is 0 Å². The lowest BCUT2D eigenvalue weighted by atomic mass is 9.46. The average molecular weight is 479 g/mol. The molecule has 1 N–H and O–H groups in total. The van der Waals surface area contributed by atoms with Crippen LogP contribution in [0.15, 0.2) is 11.6 Å². The fourth-order valence-corrected chi connectivity index (χ4v) is 9.95. The zero-order chi connectivity index (χ0) is 24.0. The van der Waals surface area contributed by atoms with Crippen molar-refractivity contribution in [1.82, 2.24) is 0 Å². The summed E-state index contributed by atoms with van der Waals surface area (Å²) in [6.07, 6.45) is 17.7. The number of rotatable bonds is 8. The van der Waals surface area contributed by atoms with Crippen molar-refractivity contribution in [3.63, 3.8) is 0 Å². The van der Waals surface area contributed by atoms with Crippen molar-refractivity contribution in [1.29, 1.82) is 0 Å². The Labute approximate surface area is 204 Å². The summed E-state index contributed by atoms with van der Waals surface area (Å²) in [4.78, 5) is 0. The smallest absolute Gasteiger partial charge is 0.264 e. The van der Waals surface area contributed by atoms with Gasteiger partial charge in [-0.1, -0.05) is 65.5 Å². The molecule has 33 heavy (non-hydrogen) atoms. The molecule has 4 heteroatoms. The van der Waals surface area contributed by atoms with E-state index in [1.54, 1.807) is 5.57 Å². The van der Waals surface area contributed by atoms with Gasteiger partial charge < -0.3 is 0 Å². The van der Waals surface area contributed by atoms with Crippen molar-refractivity contribution in [3.05, 3.63) is 11.6 Å². The van der Waals surface area contributed by atoms with Crippen LogP contribution in [0, 0.1) is 52.3 Å². The molecule has 3 nitrogen and oxygen atoms in total. The quantitative estimate of drug-likeness (QED) is 0.285. The van der Waals surface area contributed by atoms with E-state index in [0.29, 0.717) is 23.2 Å². The lowest BCUT2D eigenvalue weighted by Gasteiger charge is -2.58. The minimum atomic E-state index is -3.85. The predicted molar refractivity (Wildman–Crippen MR) is 138 cm³/mol. The summed E-state index contributed by atoms with van der Waals surface area (Å²) < 4.78 is 31.7. The highest BCUT2D eigenvalue weighted by Gasteiger charge is 2.59. The Morgan fingerprint density at radius 1 is 1.03 bits per heavy atom. The second kappa shape index (κ2) is 9.60. The molecule has 4 rings (SSSR count). The molecule has 3 saturated carbocycles. The number of hydrogen-bond donors (Lipinski definition) is 1. The molecule has 0 spiro atoms. The molecule has 0 bridgehead atoms. The highest BCUT2D eigenvalue weighted by molar-refractivity contribution is 7.85. The zero-order valence-corrected chi connectivity index (χ0v) is 22.8. The first kappa shape index (κ1) is 25.7. The average Bonchev–Trinajstić information content (AvgIpc) is 3.08. The number of allylic oxidation sites excluding steroid dienone is 2. The van der Waals surface area contributed by atoms with Crippen LogP contribution in [0.25, 0.3) is 0 Å². The van der Waals surface area contributed by atoms with E-state index < -0.39 is 10.1 Å². The Balaban J connectivity index is 1.44. The monoisotopic (exact) mass is 478 g/mol. The van der Waals surface area contributed by atoms with E-state index in [-0.39, 0.29) is 5.75 Å². The topological polar surface area (TPSA) is 54.4 Å². The van der Waals surface area contributed by atoms with Crippen LogP contribution in [0.4, 0.5) is 0 Å². The van der Waals surface area contributed by atoms with Crippen molar-refractivity contribution in [2.45, 2.75) is 112 Å². The van der Waals surface area contributed by atoms with Gasteiger partial charge in [-0.3, -0.25) is 4.55 Å². The zero-order valence-electron chi connectivity index (χ0n) is 22.0. The maximum atomic E-state index is 11.2. The van der Waals surface area contributed by atoms with Crippen molar-refractivity contribution < 1.29 is 13.0 Å². The first-order valence-corrected chi connectivity index (χ1v) is 15.7. The SMILES string of the molecule is CC(C)CCC[C@@H](C)[C@H]1CC[C@H]2[C@@H]3CC=C4C[C@@H](CCS(=O)(=O)O)CC[C@]4(C)[C@H]3CC[C@]12C. The van der Waals surface area contributed by atoms with Crippen molar-refractivity contribution in [2.75, 3.05) is 5.75 Å². The molecule has 0 aromatic rings. The van der Waals surface area contributed by atoms with Crippen LogP contribution >= 0.6 is 0 Å². The Morgan fingerprint density at radius 3 is 2.48 bits per heavy atom. The summed E-state index contributed by atoms with van der Waals surface area (Å²) in [6, 6.07) is 0. The molecule has 0 heterocycles. The molecular formula is C29H50O3S. The van der Waals surface area contributed by atoms with Crippen LogP contribution in [0.3, 0.4) is 0 Å². The normalized spacial score (nSPS) is 41.8. The van der Waals surface area contributed by atoms with Gasteiger partial charge in [0.15, 0.2) is 0 Å². The minimum absolute atomic E-state index is 0.0785. The summed E-state index contributed by atoms with van der Waals surface area (Å²) in [5.74, 6) is 5.48. The second-order valence-electron chi connectivity index (χ2n) is 13.5. The van der Waals surface area contributed by atoms with Crippen LogP contribution in [-0.4, -0.2) is 18.7 Å². The lowest BCUT2D eigenvalue weighted by Crippen LogP contribution is -2.50. The van der Waals surface area contributed by atoms with E-state index >= 15 is 0 Å². The molecule has 0 aliphatic heterocycles. The van der Waals surface area contributed by atoms with Gasteiger partial charge in [0.25, 0.3) is 10.1 Å². The summed E-state index contributed by atoms with van der Waals surface area (Å²) in [6.45, 7) is 12.5. The molecule has 0 aromatic carbocycles. The molecule has 4 aliphatic rings. The van der Waals surface area contributed by atoms with Gasteiger partial charge in [-0.05, 0) is 110 Å². The first-order valence-electron chi connectivity index (χ1n) is 14.1. The first-order chi connectivity index (χ1) is 15.4. The summed E-state index contributed by atoms with van der Waals surface area (Å²) >= 11 is 0. The van der Waals surface area contributed by atoms with Crippen molar-refractivity contribution in [2.24, 2.45) is 52.3 Å². The number of fused-ring (bicyclic) bond motifs is 5. The lowest BCUT2D eigenvalue weighted by molar-refractivity contribution is -0.0528. The van der Waals surface area contributed by atoms with Gasteiger partial charge in [-0.15, -0.1) is 0 Å². The van der Waals surface area contributed by atoms with Gasteiger partial charge in [-0.2, -0.15) is 8.42 Å². The van der Waals surface area contributed by atoms with E-state index in [1.165, 1.54) is 57.8 Å². The molecular weight excluding hydrogens is 428 g/mol. The standard InChI is InChI=1S/C29H50O3S/c1-20(2)7-6-8-21(3)25-11-12-26-24-10-9-23-19-22(15-18-33(30,31)32)13-16-28(23,4)27(24)14-17-29(25,26)5/h9,20-22,24-27H,6-8,10-19H2,1-5H3,(H,30,31,32)/t21-,22-,24+,25-,26+,27+,28+,29-/m1/s1.